The van der Waals surface area contributed by atoms with E-state index < -0.39 is 0 Å². The van der Waals surface area contributed by atoms with Crippen LogP contribution in [0.3, 0.4) is 0 Å². The summed E-state index contributed by atoms with van der Waals surface area (Å²) in [5.74, 6) is 4.72. The van der Waals surface area contributed by atoms with Crippen LogP contribution in [0.4, 0.5) is 0 Å². The van der Waals surface area contributed by atoms with Gasteiger partial charge in [0.05, 0.1) is 6.61 Å². The van der Waals surface area contributed by atoms with Crippen molar-refractivity contribution in [1.82, 2.24) is 0 Å². The molecule has 0 fully saturated rings. The summed E-state index contributed by atoms with van der Waals surface area (Å²) in [5, 5.41) is 11.4. The molecule has 0 aromatic heterocycles. The van der Waals surface area contributed by atoms with Gasteiger partial charge in [0.1, 0.15) is 0 Å². The maximum Gasteiger partial charge on any atom is 0.0558 e. The Hall–Kier alpha value is 2.06. The third-order valence-electron chi connectivity index (χ3n) is 2.43. The van der Waals surface area contributed by atoms with E-state index >= 15 is 0 Å². The Morgan fingerprint density at radius 1 is 0.842 bits per heavy atom. The van der Waals surface area contributed by atoms with Crippen molar-refractivity contribution >= 4 is 73.2 Å². The first kappa shape index (κ1) is 21.1. The fourth-order valence-electron chi connectivity index (χ4n) is 1.23. The van der Waals surface area contributed by atoms with Crippen molar-refractivity contribution in [2.24, 2.45) is 0 Å². The maximum absolute atomic E-state index is 9.43. The Labute approximate surface area is 147 Å². The quantitative estimate of drug-likeness (QED) is 0.390. The van der Waals surface area contributed by atoms with E-state index in [1.54, 1.807) is 0 Å². The van der Waals surface area contributed by atoms with Gasteiger partial charge in [-0.05, 0) is 0 Å². The zero-order valence-corrected chi connectivity index (χ0v) is 16.7. The summed E-state index contributed by atoms with van der Waals surface area (Å²) < 4.78 is 0. The fourth-order valence-corrected chi connectivity index (χ4v) is 5.83. The molecule has 0 heterocycles. The summed E-state index contributed by atoms with van der Waals surface area (Å²) in [6.45, 7) is 4.63. The Balaban J connectivity index is 3.95. The molecule has 4 unspecified atom stereocenters. The average molecular weight is 379 g/mol. The summed E-state index contributed by atoms with van der Waals surface area (Å²) in [6, 6.07) is 0. The SMILES string of the molecule is CC(CS)SCC(CO)SCC(CS)SC(C)CS. The van der Waals surface area contributed by atoms with Crippen LogP contribution >= 0.6 is 73.2 Å². The van der Waals surface area contributed by atoms with Gasteiger partial charge >= 0.3 is 0 Å². The van der Waals surface area contributed by atoms with Crippen molar-refractivity contribution in [2.75, 3.05) is 35.4 Å². The lowest BCUT2D eigenvalue weighted by atomic mass is 10.5. The number of thiol groups is 3. The van der Waals surface area contributed by atoms with E-state index in [0.29, 0.717) is 21.0 Å². The van der Waals surface area contributed by atoms with Gasteiger partial charge in [-0.3, -0.25) is 0 Å². The fraction of sp³-hybridized carbons (Fsp3) is 1.00. The van der Waals surface area contributed by atoms with Gasteiger partial charge in [-0.25, -0.2) is 0 Å². The summed E-state index contributed by atoms with van der Waals surface area (Å²) in [4.78, 5) is 0. The molecule has 0 spiro atoms. The van der Waals surface area contributed by atoms with Gasteiger partial charge in [-0.15, -0.1) is 0 Å². The minimum absolute atomic E-state index is 0.253. The zero-order valence-electron chi connectivity index (χ0n) is 11.6. The summed E-state index contributed by atoms with van der Waals surface area (Å²) >= 11 is 18.7. The highest BCUT2D eigenvalue weighted by Gasteiger charge is 2.16. The first-order valence-corrected chi connectivity index (χ1v) is 11.3. The molecule has 0 radical (unpaired) electrons. The second-order valence-electron chi connectivity index (χ2n) is 4.40. The minimum atomic E-state index is 0.253. The average Bonchev–Trinajstić information content (AvgIpc) is 2.45. The smallest absolute Gasteiger partial charge is 0.0558 e. The second-order valence-corrected chi connectivity index (χ2v) is 10.0. The normalized spacial score (nSPS) is 18.0. The molecule has 0 bridgehead atoms. The Morgan fingerprint density at radius 3 is 1.89 bits per heavy atom. The van der Waals surface area contributed by atoms with E-state index in [9.17, 15) is 5.11 Å². The largest absolute Gasteiger partial charge is 0.395 e. The highest BCUT2D eigenvalue weighted by molar-refractivity contribution is 8.06. The van der Waals surface area contributed by atoms with Crippen LogP contribution in [-0.2, 0) is 0 Å². The maximum atomic E-state index is 9.43. The monoisotopic (exact) mass is 378 g/mol. The van der Waals surface area contributed by atoms with Crippen molar-refractivity contribution in [3.63, 3.8) is 0 Å². The lowest BCUT2D eigenvalue weighted by Gasteiger charge is -2.21. The number of aliphatic hydroxyl groups excluding tert-OH is 1. The molecule has 0 aliphatic heterocycles. The molecule has 0 aromatic rings. The van der Waals surface area contributed by atoms with Crippen LogP contribution < -0.4 is 0 Å². The topological polar surface area (TPSA) is 20.2 Å². The minimum Gasteiger partial charge on any atom is -0.395 e. The molecule has 1 N–H and O–H groups in total. The van der Waals surface area contributed by atoms with Crippen LogP contribution in [0.2, 0.25) is 0 Å². The van der Waals surface area contributed by atoms with Gasteiger partial charge in [0, 0.05) is 49.8 Å². The summed E-state index contributed by atoms with van der Waals surface area (Å²) in [6.07, 6.45) is 0. The van der Waals surface area contributed by atoms with E-state index in [-0.39, 0.29) is 6.61 Å². The van der Waals surface area contributed by atoms with E-state index in [0.717, 1.165) is 28.8 Å². The van der Waals surface area contributed by atoms with E-state index in [2.05, 4.69) is 51.7 Å². The molecule has 0 aromatic carbocycles. The summed E-state index contributed by atoms with van der Waals surface area (Å²) in [7, 11) is 0. The van der Waals surface area contributed by atoms with Crippen LogP contribution in [0.15, 0.2) is 0 Å². The predicted octanol–water partition coefficient (Wildman–Crippen LogP) is 3.48. The predicted molar refractivity (Wildman–Crippen MR) is 108 cm³/mol. The molecule has 4 atom stereocenters. The van der Waals surface area contributed by atoms with Crippen LogP contribution in [0, 0.1) is 0 Å². The van der Waals surface area contributed by atoms with Gasteiger partial charge in [0.25, 0.3) is 0 Å². The number of thioether (sulfide) groups is 3. The number of rotatable bonds is 12. The number of hydrogen-bond acceptors (Lipinski definition) is 7. The molecule has 1 nitrogen and oxygen atoms in total. The van der Waals surface area contributed by atoms with Crippen molar-refractivity contribution < 1.29 is 5.11 Å². The first-order chi connectivity index (χ1) is 9.07. The number of hydrogen-bond donors (Lipinski definition) is 4. The Morgan fingerprint density at radius 2 is 1.42 bits per heavy atom. The highest BCUT2D eigenvalue weighted by atomic mass is 32.2. The lowest BCUT2D eigenvalue weighted by Crippen LogP contribution is -2.20. The molecule has 0 saturated heterocycles. The third kappa shape index (κ3) is 11.3. The molecule has 0 rings (SSSR count). The standard InChI is InChI=1S/C12H26OS6/c1-9(4-14)17-7-11(3-13)18-8-12(6-16)19-10(2)5-15/h9-16H,3-8H2,1-2H3. The lowest BCUT2D eigenvalue weighted by molar-refractivity contribution is 0.301. The van der Waals surface area contributed by atoms with Gasteiger partial charge < -0.3 is 5.11 Å². The van der Waals surface area contributed by atoms with Crippen LogP contribution in [0.25, 0.3) is 0 Å². The Bertz CT molecular complexity index is 207. The molecule has 0 aliphatic carbocycles. The Kier molecular flexibility index (Phi) is 15.2. The van der Waals surface area contributed by atoms with Crippen molar-refractivity contribution in [1.29, 1.82) is 0 Å². The molecule has 0 aliphatic rings. The third-order valence-corrected chi connectivity index (χ3v) is 9.19. The molecular weight excluding hydrogens is 353 g/mol. The molecule has 116 valence electrons. The van der Waals surface area contributed by atoms with E-state index in [1.165, 1.54) is 0 Å². The second kappa shape index (κ2) is 13.7. The van der Waals surface area contributed by atoms with Gasteiger partial charge in [0.15, 0.2) is 0 Å². The molecule has 0 saturated carbocycles. The van der Waals surface area contributed by atoms with Crippen LogP contribution in [0.5, 0.6) is 0 Å². The molecule has 0 amide bonds. The van der Waals surface area contributed by atoms with Crippen LogP contribution in [-0.4, -0.2) is 61.5 Å². The van der Waals surface area contributed by atoms with Crippen molar-refractivity contribution in [2.45, 2.75) is 34.8 Å². The number of aliphatic hydroxyl groups is 1. The molecule has 19 heavy (non-hydrogen) atoms. The highest BCUT2D eigenvalue weighted by Crippen LogP contribution is 2.27. The first-order valence-electron chi connectivity index (χ1n) is 6.39. The van der Waals surface area contributed by atoms with E-state index in [1.807, 2.05) is 35.3 Å². The molecule has 7 heteroatoms. The van der Waals surface area contributed by atoms with Crippen molar-refractivity contribution in [3.05, 3.63) is 0 Å². The van der Waals surface area contributed by atoms with Crippen LogP contribution in [0.1, 0.15) is 13.8 Å². The van der Waals surface area contributed by atoms with Gasteiger partial charge in [0.2, 0.25) is 0 Å². The zero-order chi connectivity index (χ0) is 14.7. The van der Waals surface area contributed by atoms with Gasteiger partial charge in [-0.2, -0.15) is 73.2 Å². The van der Waals surface area contributed by atoms with Crippen molar-refractivity contribution in [3.8, 4) is 0 Å². The van der Waals surface area contributed by atoms with Gasteiger partial charge in [-0.1, -0.05) is 13.8 Å². The molecular formula is C12H26OS6. The van der Waals surface area contributed by atoms with E-state index in [4.69, 9.17) is 0 Å². The summed E-state index contributed by atoms with van der Waals surface area (Å²) in [5.41, 5.74) is 0.